The van der Waals surface area contributed by atoms with Gasteiger partial charge in [-0.3, -0.25) is 9.69 Å². The maximum Gasteiger partial charge on any atom is 0.267 e. The van der Waals surface area contributed by atoms with Gasteiger partial charge in [0.05, 0.1) is 23.8 Å². The van der Waals surface area contributed by atoms with Crippen molar-refractivity contribution in [1.82, 2.24) is 4.90 Å². The molecule has 168 valence electrons. The smallest absolute Gasteiger partial charge is 0.267 e. The van der Waals surface area contributed by atoms with E-state index in [0.29, 0.717) is 29.8 Å². The Bertz CT molecular complexity index is 1010. The van der Waals surface area contributed by atoms with Gasteiger partial charge < -0.3 is 14.1 Å². The molecule has 32 heavy (non-hydrogen) atoms. The number of carbonyl (C=O) groups excluding carboxylic acids is 1. The summed E-state index contributed by atoms with van der Waals surface area (Å²) in [6.45, 7) is 5.31. The highest BCUT2D eigenvalue weighted by atomic mass is 32.2. The number of hydrogen-bond acceptors (Lipinski definition) is 6. The summed E-state index contributed by atoms with van der Waals surface area (Å²) >= 11 is 1.45. The van der Waals surface area contributed by atoms with Gasteiger partial charge in [0.1, 0.15) is 5.76 Å². The van der Waals surface area contributed by atoms with Gasteiger partial charge in [-0.25, -0.2) is 4.99 Å². The van der Waals surface area contributed by atoms with Crippen molar-refractivity contribution >= 4 is 40.5 Å². The lowest BCUT2D eigenvalue weighted by Gasteiger charge is -2.35. The van der Waals surface area contributed by atoms with E-state index in [-0.39, 0.29) is 11.9 Å². The largest absolute Gasteiger partial charge is 0.441 e. The molecule has 0 unspecified atom stereocenters. The Morgan fingerprint density at radius 1 is 1.06 bits per heavy atom. The molecule has 1 amide bonds. The minimum atomic E-state index is 0.0350. The third kappa shape index (κ3) is 4.50. The highest BCUT2D eigenvalue weighted by molar-refractivity contribution is 8.18. The molecule has 3 fully saturated rings. The van der Waals surface area contributed by atoms with E-state index in [4.69, 9.17) is 14.1 Å². The first-order valence-corrected chi connectivity index (χ1v) is 12.3. The number of benzene rings is 1. The zero-order valence-corrected chi connectivity index (χ0v) is 19.2. The Labute approximate surface area is 193 Å². The number of morpholine rings is 1. The van der Waals surface area contributed by atoms with Crippen molar-refractivity contribution in [2.45, 2.75) is 38.6 Å². The molecule has 1 aromatic carbocycles. The zero-order chi connectivity index (χ0) is 21.9. The number of nitrogens with zero attached hydrogens (tertiary/aromatic N) is 3. The number of thioether (sulfide) groups is 1. The molecule has 1 saturated carbocycles. The predicted molar refractivity (Wildman–Crippen MR) is 129 cm³/mol. The van der Waals surface area contributed by atoms with Gasteiger partial charge in [-0.1, -0.05) is 38.0 Å². The number of anilines is 1. The first-order chi connectivity index (χ1) is 15.7. The van der Waals surface area contributed by atoms with Crippen molar-refractivity contribution in [2.24, 2.45) is 10.9 Å². The Morgan fingerprint density at radius 3 is 2.62 bits per heavy atom. The summed E-state index contributed by atoms with van der Waals surface area (Å²) in [4.78, 5) is 23.2. The van der Waals surface area contributed by atoms with E-state index in [1.165, 1.54) is 18.2 Å². The van der Waals surface area contributed by atoms with E-state index in [9.17, 15) is 4.79 Å². The lowest BCUT2D eigenvalue weighted by molar-refractivity contribution is -0.124. The molecule has 1 aliphatic carbocycles. The number of carbonyl (C=O) groups is 1. The van der Waals surface area contributed by atoms with Crippen molar-refractivity contribution in [3.05, 3.63) is 53.1 Å². The van der Waals surface area contributed by atoms with Gasteiger partial charge in [-0.05, 0) is 48.7 Å². The molecule has 0 N–H and O–H groups in total. The van der Waals surface area contributed by atoms with E-state index in [0.717, 1.165) is 49.1 Å². The molecule has 0 bridgehead atoms. The molecular formula is C25H29N3O3S. The Morgan fingerprint density at radius 2 is 1.84 bits per heavy atom. The molecule has 7 heteroatoms. The van der Waals surface area contributed by atoms with E-state index in [2.05, 4.69) is 11.8 Å². The van der Waals surface area contributed by atoms with Crippen LogP contribution in [0.3, 0.4) is 0 Å². The van der Waals surface area contributed by atoms with Crippen molar-refractivity contribution in [3.63, 3.8) is 0 Å². The highest BCUT2D eigenvalue weighted by Gasteiger charge is 2.41. The summed E-state index contributed by atoms with van der Waals surface area (Å²) in [7, 11) is 0. The van der Waals surface area contributed by atoms with Crippen LogP contribution in [0.4, 0.5) is 11.6 Å². The van der Waals surface area contributed by atoms with E-state index in [1.54, 1.807) is 0 Å². The molecule has 2 saturated heterocycles. The first-order valence-electron chi connectivity index (χ1n) is 11.5. The molecule has 2 aromatic rings. The summed E-state index contributed by atoms with van der Waals surface area (Å²) in [5, 5.41) is 0.770. The molecule has 3 heterocycles. The number of furan rings is 1. The van der Waals surface area contributed by atoms with Gasteiger partial charge in [0, 0.05) is 31.3 Å². The van der Waals surface area contributed by atoms with Gasteiger partial charge in [0.25, 0.3) is 5.91 Å². The van der Waals surface area contributed by atoms with Crippen LogP contribution < -0.4 is 4.90 Å². The third-order valence-corrected chi connectivity index (χ3v) is 7.41. The minimum absolute atomic E-state index is 0.0350. The van der Waals surface area contributed by atoms with Crippen molar-refractivity contribution < 1.29 is 13.9 Å². The third-order valence-electron chi connectivity index (χ3n) is 6.42. The van der Waals surface area contributed by atoms with Crippen LogP contribution in [0.5, 0.6) is 0 Å². The van der Waals surface area contributed by atoms with Crippen LogP contribution >= 0.6 is 11.8 Å². The maximum absolute atomic E-state index is 13.6. The summed E-state index contributed by atoms with van der Waals surface area (Å²) in [6, 6.07) is 14.0. The van der Waals surface area contributed by atoms with Gasteiger partial charge in [-0.2, -0.15) is 0 Å². The van der Waals surface area contributed by atoms with Crippen LogP contribution in [-0.4, -0.2) is 48.3 Å². The summed E-state index contributed by atoms with van der Waals surface area (Å²) in [6.07, 6.45) is 6.43. The second-order valence-electron chi connectivity index (χ2n) is 8.62. The number of hydrogen-bond donors (Lipinski definition) is 0. The quantitative estimate of drug-likeness (QED) is 0.591. The Kier molecular flexibility index (Phi) is 6.37. The number of rotatable bonds is 4. The number of amidine groups is 1. The topological polar surface area (TPSA) is 58.3 Å². The van der Waals surface area contributed by atoms with Gasteiger partial charge >= 0.3 is 0 Å². The molecule has 6 nitrogen and oxygen atoms in total. The van der Waals surface area contributed by atoms with Crippen LogP contribution in [-0.2, 0) is 9.53 Å². The number of para-hydroxylation sites is 1. The highest BCUT2D eigenvalue weighted by Crippen LogP contribution is 2.40. The second kappa shape index (κ2) is 9.55. The van der Waals surface area contributed by atoms with Gasteiger partial charge in [-0.15, -0.1) is 0 Å². The summed E-state index contributed by atoms with van der Waals surface area (Å²) in [5.74, 6) is 2.02. The fourth-order valence-corrected chi connectivity index (χ4v) is 5.68. The number of ether oxygens (including phenoxy) is 1. The first kappa shape index (κ1) is 21.3. The molecule has 1 aromatic heterocycles. The lowest BCUT2D eigenvalue weighted by atomic mass is 9.85. The Balaban J connectivity index is 1.44. The fraction of sp³-hybridized carbons (Fsp3) is 0.440. The average molecular weight is 452 g/mol. The summed E-state index contributed by atoms with van der Waals surface area (Å²) in [5.41, 5.74) is 0.866. The normalized spacial score (nSPS) is 27.0. The minimum Gasteiger partial charge on any atom is -0.441 e. The van der Waals surface area contributed by atoms with E-state index >= 15 is 0 Å². The van der Waals surface area contributed by atoms with Crippen molar-refractivity contribution in [2.75, 3.05) is 31.2 Å². The van der Waals surface area contributed by atoms with Crippen LogP contribution in [0.15, 0.2) is 56.8 Å². The van der Waals surface area contributed by atoms with Gasteiger partial charge in [0.15, 0.2) is 11.1 Å². The second-order valence-corrected chi connectivity index (χ2v) is 9.63. The van der Waals surface area contributed by atoms with Crippen molar-refractivity contribution in [3.8, 4) is 0 Å². The molecule has 0 radical (unpaired) electrons. The molecule has 5 rings (SSSR count). The van der Waals surface area contributed by atoms with E-state index in [1.807, 2.05) is 53.4 Å². The number of aliphatic imine (C=N–C) groups is 1. The van der Waals surface area contributed by atoms with Crippen LogP contribution in [0, 0.1) is 5.92 Å². The molecule has 3 aliphatic rings. The summed E-state index contributed by atoms with van der Waals surface area (Å²) < 4.78 is 11.5. The fourth-order valence-electron chi connectivity index (χ4n) is 4.65. The van der Waals surface area contributed by atoms with Crippen LogP contribution in [0.1, 0.15) is 38.4 Å². The number of amides is 1. The monoisotopic (exact) mass is 451 g/mol. The molecule has 2 aliphatic heterocycles. The molecular weight excluding hydrogens is 422 g/mol. The zero-order valence-electron chi connectivity index (χ0n) is 18.4. The lowest BCUT2D eigenvalue weighted by Crippen LogP contribution is -2.44. The average Bonchev–Trinajstić information content (AvgIpc) is 3.41. The standard InChI is InChI=1S/C25H29N3O3S/c1-18-7-5-6-10-21(18)28-24(29)22(32-25(28)26-19-8-3-2-4-9-19)17-20-11-12-23(31-20)27-13-15-30-16-14-27/h2-4,8-9,11-12,17-18,21H,5-7,10,13-16H2,1H3/b22-17-,26-25?/t18-,21+/m0/s1. The van der Waals surface area contributed by atoms with Crippen LogP contribution in [0.2, 0.25) is 0 Å². The van der Waals surface area contributed by atoms with Gasteiger partial charge in [0.2, 0.25) is 0 Å². The Hall–Kier alpha value is -2.51. The van der Waals surface area contributed by atoms with Crippen molar-refractivity contribution in [1.29, 1.82) is 0 Å². The SMILES string of the molecule is C[C@H]1CCCC[C@H]1N1C(=O)/C(=C/c2ccc(N3CCOCC3)o2)SC1=Nc1ccccc1. The van der Waals surface area contributed by atoms with E-state index < -0.39 is 0 Å². The predicted octanol–water partition coefficient (Wildman–Crippen LogP) is 5.30. The molecule has 0 spiro atoms. The maximum atomic E-state index is 13.6. The molecule has 2 atom stereocenters. The van der Waals surface area contributed by atoms with Crippen LogP contribution in [0.25, 0.3) is 6.08 Å².